The minimum absolute atomic E-state index is 0.0303. The molecule has 0 bridgehead atoms. The zero-order valence-corrected chi connectivity index (χ0v) is 17.5. The number of hydrogen-bond acceptors (Lipinski definition) is 8. The molecule has 0 aromatic rings. The SMILES string of the molecule is CC[C@@H](OC(C)=O)[C@@H](OC(C)=O)C1O[C@@](F)(C(=O)O)C(F)[C@@H](N=C(N)N)[C@H]1CC(C)=O. The number of carboxylic acids is 1. The van der Waals surface area contributed by atoms with Crippen LogP contribution in [0.25, 0.3) is 0 Å². The first-order valence-electron chi connectivity index (χ1n) is 9.41. The Morgan fingerprint density at radius 1 is 1.16 bits per heavy atom. The van der Waals surface area contributed by atoms with E-state index in [1.807, 2.05) is 0 Å². The molecule has 7 atom stereocenters. The number of rotatable bonds is 9. The third-order valence-electron chi connectivity index (χ3n) is 4.65. The van der Waals surface area contributed by atoms with Crippen molar-refractivity contribution in [3.05, 3.63) is 0 Å². The standard InChI is InChI=1S/C18H27F2N3O8/c1-5-11(29-8(3)25)14(30-9(4)26)13-10(6-7(2)24)12(23-17(21)22)15(19)18(20,31-13)16(27)28/h10-15H,5-6H2,1-4H3,(H,27,28)(H4,21,22,23)/t10-,11-,12+,13?,14-,15?,18-/m1/s1. The first-order chi connectivity index (χ1) is 14.2. The summed E-state index contributed by atoms with van der Waals surface area (Å²) in [6, 6.07) is -1.87. The van der Waals surface area contributed by atoms with E-state index >= 15 is 4.39 Å². The Balaban J connectivity index is 3.68. The first kappa shape index (κ1) is 26.2. The number of carbonyl (C=O) groups excluding carboxylic acids is 3. The lowest BCUT2D eigenvalue weighted by Gasteiger charge is -2.46. The molecule has 1 fully saturated rings. The van der Waals surface area contributed by atoms with Gasteiger partial charge in [0.25, 0.3) is 0 Å². The lowest BCUT2D eigenvalue weighted by molar-refractivity contribution is -0.285. The van der Waals surface area contributed by atoms with Crippen LogP contribution in [-0.2, 0) is 33.4 Å². The summed E-state index contributed by atoms with van der Waals surface area (Å²) in [5.41, 5.74) is 10.6. The topological polar surface area (TPSA) is 181 Å². The maximum absolute atomic E-state index is 15.2. The third-order valence-corrected chi connectivity index (χ3v) is 4.65. The van der Waals surface area contributed by atoms with Crippen molar-refractivity contribution in [2.75, 3.05) is 0 Å². The second-order valence-corrected chi connectivity index (χ2v) is 7.18. The van der Waals surface area contributed by atoms with E-state index < -0.39 is 78.4 Å². The number of esters is 2. The van der Waals surface area contributed by atoms with Gasteiger partial charge in [-0.15, -0.1) is 0 Å². The van der Waals surface area contributed by atoms with Gasteiger partial charge >= 0.3 is 23.8 Å². The Labute approximate surface area is 177 Å². The lowest BCUT2D eigenvalue weighted by Crippen LogP contribution is -2.65. The molecule has 0 saturated carbocycles. The number of halogens is 2. The van der Waals surface area contributed by atoms with Gasteiger partial charge in [-0.2, -0.15) is 4.39 Å². The number of carbonyl (C=O) groups is 4. The summed E-state index contributed by atoms with van der Waals surface area (Å²) >= 11 is 0. The zero-order valence-electron chi connectivity index (χ0n) is 17.5. The quantitative estimate of drug-likeness (QED) is 0.245. The number of Topliss-reactive ketones (excluding diaryl/α,β-unsaturated/α-hetero) is 1. The molecule has 31 heavy (non-hydrogen) atoms. The number of aliphatic imine (C=N–C) groups is 1. The summed E-state index contributed by atoms with van der Waals surface area (Å²) < 4.78 is 45.5. The molecule has 0 aromatic carbocycles. The van der Waals surface area contributed by atoms with Gasteiger partial charge in [0, 0.05) is 26.2 Å². The van der Waals surface area contributed by atoms with Crippen LogP contribution in [0.5, 0.6) is 0 Å². The van der Waals surface area contributed by atoms with E-state index in [9.17, 15) is 28.7 Å². The van der Waals surface area contributed by atoms with Crippen molar-refractivity contribution >= 4 is 29.7 Å². The molecule has 176 valence electrons. The van der Waals surface area contributed by atoms with Gasteiger partial charge in [-0.05, 0) is 13.3 Å². The van der Waals surface area contributed by atoms with E-state index in [2.05, 4.69) is 4.99 Å². The molecule has 11 nitrogen and oxygen atoms in total. The maximum Gasteiger partial charge on any atom is 0.372 e. The molecule has 2 unspecified atom stereocenters. The zero-order chi connectivity index (χ0) is 24.1. The van der Waals surface area contributed by atoms with Crippen molar-refractivity contribution in [2.24, 2.45) is 22.4 Å². The van der Waals surface area contributed by atoms with Gasteiger partial charge in [0.2, 0.25) is 0 Å². The molecule has 1 rings (SSSR count). The molecule has 0 spiro atoms. The van der Waals surface area contributed by atoms with Crippen molar-refractivity contribution in [3.63, 3.8) is 0 Å². The van der Waals surface area contributed by atoms with E-state index in [0.717, 1.165) is 20.8 Å². The molecule has 1 aliphatic heterocycles. The van der Waals surface area contributed by atoms with Crippen LogP contribution in [0.3, 0.4) is 0 Å². The monoisotopic (exact) mass is 451 g/mol. The van der Waals surface area contributed by atoms with Crippen molar-refractivity contribution in [3.8, 4) is 0 Å². The molecule has 0 aromatic heterocycles. The molecule has 1 heterocycles. The van der Waals surface area contributed by atoms with Gasteiger partial charge in [0.05, 0.1) is 6.04 Å². The number of ketones is 1. The Kier molecular flexibility index (Phi) is 8.85. The Bertz CT molecular complexity index is 745. The van der Waals surface area contributed by atoms with Gasteiger partial charge in [-0.25, -0.2) is 14.2 Å². The highest BCUT2D eigenvalue weighted by atomic mass is 19.2. The lowest BCUT2D eigenvalue weighted by atomic mass is 9.78. The molecular weight excluding hydrogens is 424 g/mol. The van der Waals surface area contributed by atoms with Crippen LogP contribution in [0.15, 0.2) is 4.99 Å². The molecule has 13 heteroatoms. The van der Waals surface area contributed by atoms with Gasteiger partial charge < -0.3 is 35.6 Å². The summed E-state index contributed by atoms with van der Waals surface area (Å²) in [5, 5.41) is 9.30. The highest BCUT2D eigenvalue weighted by Gasteiger charge is 2.63. The Morgan fingerprint density at radius 2 is 1.71 bits per heavy atom. The fourth-order valence-corrected chi connectivity index (χ4v) is 3.50. The molecule has 5 N–H and O–H groups in total. The number of ether oxygens (including phenoxy) is 3. The van der Waals surface area contributed by atoms with Gasteiger partial charge in [0.15, 0.2) is 18.2 Å². The van der Waals surface area contributed by atoms with Crippen LogP contribution in [0.4, 0.5) is 8.78 Å². The van der Waals surface area contributed by atoms with Crippen LogP contribution in [0.2, 0.25) is 0 Å². The van der Waals surface area contributed by atoms with E-state index in [4.69, 9.17) is 25.7 Å². The van der Waals surface area contributed by atoms with E-state index in [1.165, 1.54) is 6.92 Å². The van der Waals surface area contributed by atoms with Crippen LogP contribution >= 0.6 is 0 Å². The smallest absolute Gasteiger partial charge is 0.372 e. The number of guanidine groups is 1. The van der Waals surface area contributed by atoms with Crippen molar-refractivity contribution in [1.29, 1.82) is 0 Å². The molecule has 0 radical (unpaired) electrons. The first-order valence-corrected chi connectivity index (χ1v) is 9.41. The predicted octanol–water partition coefficient (Wildman–Crippen LogP) is -0.0156. The average Bonchev–Trinajstić information content (AvgIpc) is 2.62. The number of nitrogens with zero attached hydrogens (tertiary/aromatic N) is 1. The summed E-state index contributed by atoms with van der Waals surface area (Å²) in [7, 11) is 0. The van der Waals surface area contributed by atoms with E-state index in [1.54, 1.807) is 0 Å². The Morgan fingerprint density at radius 3 is 2.10 bits per heavy atom. The van der Waals surface area contributed by atoms with Gasteiger partial charge in [-0.1, -0.05) is 6.92 Å². The largest absolute Gasteiger partial charge is 0.477 e. The molecular formula is C18H27F2N3O8. The average molecular weight is 451 g/mol. The molecule has 1 aliphatic rings. The van der Waals surface area contributed by atoms with Crippen LogP contribution < -0.4 is 11.5 Å². The van der Waals surface area contributed by atoms with Gasteiger partial charge in [-0.3, -0.25) is 9.59 Å². The summed E-state index contributed by atoms with van der Waals surface area (Å²) in [6.07, 6.45) is -7.92. The predicted molar refractivity (Wildman–Crippen MR) is 101 cm³/mol. The number of nitrogens with two attached hydrogens (primary N) is 2. The van der Waals surface area contributed by atoms with Crippen molar-refractivity contribution < 1.29 is 47.3 Å². The normalized spacial score (nSPS) is 29.9. The fraction of sp³-hybridized carbons (Fsp3) is 0.722. The highest BCUT2D eigenvalue weighted by molar-refractivity contribution is 5.79. The van der Waals surface area contributed by atoms with Crippen LogP contribution in [0, 0.1) is 5.92 Å². The molecule has 0 aliphatic carbocycles. The maximum atomic E-state index is 15.2. The second-order valence-electron chi connectivity index (χ2n) is 7.18. The third kappa shape index (κ3) is 6.32. The van der Waals surface area contributed by atoms with Crippen LogP contribution in [-0.4, -0.2) is 71.1 Å². The molecule has 0 amide bonds. The van der Waals surface area contributed by atoms with Gasteiger partial charge in [0.1, 0.15) is 18.0 Å². The van der Waals surface area contributed by atoms with E-state index in [-0.39, 0.29) is 6.42 Å². The van der Waals surface area contributed by atoms with E-state index in [0.29, 0.717) is 0 Å². The van der Waals surface area contributed by atoms with Crippen molar-refractivity contribution in [2.45, 2.75) is 76.9 Å². The van der Waals surface area contributed by atoms with Crippen LogP contribution in [0.1, 0.15) is 40.5 Å². The number of aliphatic carboxylic acids is 1. The summed E-state index contributed by atoms with van der Waals surface area (Å²) in [5.74, 6) is -10.5. The summed E-state index contributed by atoms with van der Waals surface area (Å²) in [4.78, 5) is 50.2. The minimum Gasteiger partial charge on any atom is -0.477 e. The second kappa shape index (κ2) is 10.5. The number of carboxylic acid groups (broad SMARTS) is 1. The number of hydrogen-bond donors (Lipinski definition) is 3. The Hall–Kier alpha value is -2.83. The minimum atomic E-state index is -3.94. The highest BCUT2D eigenvalue weighted by Crippen LogP contribution is 2.42. The molecule has 1 saturated heterocycles. The number of alkyl halides is 2. The summed E-state index contributed by atoms with van der Waals surface area (Å²) in [6.45, 7) is 4.76. The van der Waals surface area contributed by atoms with Crippen molar-refractivity contribution in [1.82, 2.24) is 0 Å². The fourth-order valence-electron chi connectivity index (χ4n) is 3.50.